The number of carbonyl (C=O) groups excluding carboxylic acids is 1. The fourth-order valence-electron chi connectivity index (χ4n) is 1.25. The number of hydrogen-bond donors (Lipinski definition) is 1. The summed E-state index contributed by atoms with van der Waals surface area (Å²) in [7, 11) is 3.32. The minimum absolute atomic E-state index is 0.331. The van der Waals surface area contributed by atoms with E-state index in [2.05, 4.69) is 21.2 Å². The van der Waals surface area contributed by atoms with Gasteiger partial charge in [0.15, 0.2) is 0 Å². The van der Waals surface area contributed by atoms with Crippen LogP contribution in [0, 0.1) is 0 Å². The minimum Gasteiger partial charge on any atom is -0.496 e. The van der Waals surface area contributed by atoms with Crippen LogP contribution >= 0.6 is 15.9 Å². The van der Waals surface area contributed by atoms with Gasteiger partial charge in [0.25, 0.3) is 0 Å². The number of benzene rings is 1. The SMILES string of the molecule is CNC(C=O)c1cc(Br)ccc1OC. The Labute approximate surface area is 91.6 Å². The molecule has 3 nitrogen and oxygen atoms in total. The molecule has 0 aliphatic carbocycles. The fraction of sp³-hybridized carbons (Fsp3) is 0.300. The van der Waals surface area contributed by atoms with Crippen LogP contribution in [-0.4, -0.2) is 20.4 Å². The van der Waals surface area contributed by atoms with E-state index in [9.17, 15) is 4.79 Å². The van der Waals surface area contributed by atoms with Gasteiger partial charge in [-0.3, -0.25) is 0 Å². The lowest BCUT2D eigenvalue weighted by molar-refractivity contribution is -0.109. The van der Waals surface area contributed by atoms with E-state index in [1.807, 2.05) is 18.2 Å². The van der Waals surface area contributed by atoms with Gasteiger partial charge in [0, 0.05) is 10.0 Å². The zero-order valence-electron chi connectivity index (χ0n) is 8.08. The number of ether oxygens (including phenoxy) is 1. The lowest BCUT2D eigenvalue weighted by Crippen LogP contribution is -2.18. The van der Waals surface area contributed by atoms with Gasteiger partial charge in [-0.05, 0) is 25.2 Å². The standard InChI is InChI=1S/C10H12BrNO2/c1-12-9(6-13)8-5-7(11)3-4-10(8)14-2/h3-6,9,12H,1-2H3. The molecule has 1 unspecified atom stereocenters. The van der Waals surface area contributed by atoms with E-state index in [1.54, 1.807) is 14.2 Å². The molecule has 0 saturated carbocycles. The Kier molecular flexibility index (Phi) is 4.10. The topological polar surface area (TPSA) is 38.3 Å². The Bertz CT molecular complexity index is 328. The van der Waals surface area contributed by atoms with Gasteiger partial charge in [-0.25, -0.2) is 0 Å². The first-order valence-electron chi connectivity index (χ1n) is 4.19. The fourth-order valence-corrected chi connectivity index (χ4v) is 1.62. The van der Waals surface area contributed by atoms with Crippen LogP contribution in [0.15, 0.2) is 22.7 Å². The molecule has 1 N–H and O–H groups in total. The predicted molar refractivity (Wildman–Crippen MR) is 58.6 cm³/mol. The Hall–Kier alpha value is -0.870. The van der Waals surface area contributed by atoms with E-state index >= 15 is 0 Å². The van der Waals surface area contributed by atoms with Crippen molar-refractivity contribution < 1.29 is 9.53 Å². The van der Waals surface area contributed by atoms with Crippen molar-refractivity contribution >= 4 is 22.2 Å². The summed E-state index contributed by atoms with van der Waals surface area (Å²) >= 11 is 3.35. The molecule has 14 heavy (non-hydrogen) atoms. The monoisotopic (exact) mass is 257 g/mol. The van der Waals surface area contributed by atoms with Crippen LogP contribution in [0.5, 0.6) is 5.75 Å². The highest BCUT2D eigenvalue weighted by Gasteiger charge is 2.13. The summed E-state index contributed by atoms with van der Waals surface area (Å²) in [4.78, 5) is 10.8. The lowest BCUT2D eigenvalue weighted by Gasteiger charge is -2.13. The van der Waals surface area contributed by atoms with Crippen LogP contribution < -0.4 is 10.1 Å². The van der Waals surface area contributed by atoms with Crippen molar-refractivity contribution in [1.82, 2.24) is 5.32 Å². The highest BCUT2D eigenvalue weighted by molar-refractivity contribution is 9.10. The van der Waals surface area contributed by atoms with Gasteiger partial charge in [-0.2, -0.15) is 0 Å². The molecule has 0 heterocycles. The molecule has 76 valence electrons. The molecule has 0 fully saturated rings. The maximum atomic E-state index is 10.8. The highest BCUT2D eigenvalue weighted by Crippen LogP contribution is 2.27. The third-order valence-electron chi connectivity index (χ3n) is 1.97. The predicted octanol–water partition coefficient (Wildman–Crippen LogP) is 1.92. The summed E-state index contributed by atoms with van der Waals surface area (Å²) in [6.07, 6.45) is 0.851. The second-order valence-electron chi connectivity index (χ2n) is 2.79. The number of aldehydes is 1. The van der Waals surface area contributed by atoms with Crippen LogP contribution in [0.1, 0.15) is 11.6 Å². The molecule has 0 radical (unpaired) electrons. The van der Waals surface area contributed by atoms with E-state index < -0.39 is 0 Å². The molecule has 1 aromatic rings. The Morgan fingerprint density at radius 1 is 1.57 bits per heavy atom. The van der Waals surface area contributed by atoms with Crippen molar-refractivity contribution in [2.45, 2.75) is 6.04 Å². The third kappa shape index (κ3) is 2.33. The summed E-state index contributed by atoms with van der Waals surface area (Å²) in [6, 6.07) is 5.24. The smallest absolute Gasteiger partial charge is 0.141 e. The van der Waals surface area contributed by atoms with Gasteiger partial charge in [0.2, 0.25) is 0 Å². The number of rotatable bonds is 4. The Balaban J connectivity index is 3.14. The van der Waals surface area contributed by atoms with Crippen molar-refractivity contribution in [2.24, 2.45) is 0 Å². The molecule has 4 heteroatoms. The molecule has 0 spiro atoms. The van der Waals surface area contributed by atoms with Crippen LogP contribution in [0.4, 0.5) is 0 Å². The number of likely N-dealkylation sites (N-methyl/N-ethyl adjacent to an activating group) is 1. The number of carbonyl (C=O) groups is 1. The van der Waals surface area contributed by atoms with Gasteiger partial charge in [-0.1, -0.05) is 15.9 Å². The summed E-state index contributed by atoms with van der Waals surface area (Å²) in [5, 5.41) is 2.90. The molecule has 0 aliphatic heterocycles. The number of hydrogen-bond acceptors (Lipinski definition) is 3. The van der Waals surface area contributed by atoms with Crippen molar-refractivity contribution in [3.05, 3.63) is 28.2 Å². The first-order chi connectivity index (χ1) is 6.72. The average molecular weight is 258 g/mol. The van der Waals surface area contributed by atoms with Crippen LogP contribution in [-0.2, 0) is 4.79 Å². The quantitative estimate of drug-likeness (QED) is 0.838. The summed E-state index contributed by atoms with van der Waals surface area (Å²) in [6.45, 7) is 0. The van der Waals surface area contributed by atoms with Crippen molar-refractivity contribution in [1.29, 1.82) is 0 Å². The Morgan fingerprint density at radius 3 is 2.79 bits per heavy atom. The molecule has 0 amide bonds. The zero-order valence-corrected chi connectivity index (χ0v) is 9.67. The minimum atomic E-state index is -0.331. The maximum absolute atomic E-state index is 10.8. The van der Waals surface area contributed by atoms with E-state index in [0.717, 1.165) is 16.3 Å². The van der Waals surface area contributed by atoms with Crippen molar-refractivity contribution in [3.63, 3.8) is 0 Å². The van der Waals surface area contributed by atoms with Gasteiger partial charge in [0.1, 0.15) is 12.0 Å². The average Bonchev–Trinajstić information content (AvgIpc) is 2.20. The summed E-state index contributed by atoms with van der Waals surface area (Å²) in [5.41, 5.74) is 0.833. The summed E-state index contributed by atoms with van der Waals surface area (Å²) < 4.78 is 6.09. The molecule has 0 bridgehead atoms. The molecule has 1 rings (SSSR count). The zero-order chi connectivity index (χ0) is 10.6. The molecular weight excluding hydrogens is 246 g/mol. The normalized spacial score (nSPS) is 12.2. The Morgan fingerprint density at radius 2 is 2.29 bits per heavy atom. The molecular formula is C10H12BrNO2. The number of methoxy groups -OCH3 is 1. The van der Waals surface area contributed by atoms with Gasteiger partial charge in [0.05, 0.1) is 13.2 Å². The summed E-state index contributed by atoms with van der Waals surface area (Å²) in [5.74, 6) is 0.708. The second kappa shape index (κ2) is 5.12. The lowest BCUT2D eigenvalue weighted by atomic mass is 10.1. The molecule has 0 aromatic heterocycles. The molecule has 1 atom stereocenters. The molecule has 0 aliphatic rings. The van der Waals surface area contributed by atoms with Gasteiger partial charge in [-0.15, -0.1) is 0 Å². The van der Waals surface area contributed by atoms with E-state index in [-0.39, 0.29) is 6.04 Å². The maximum Gasteiger partial charge on any atom is 0.141 e. The molecule has 1 aromatic carbocycles. The second-order valence-corrected chi connectivity index (χ2v) is 3.70. The van der Waals surface area contributed by atoms with Crippen LogP contribution in [0.25, 0.3) is 0 Å². The first-order valence-corrected chi connectivity index (χ1v) is 4.98. The van der Waals surface area contributed by atoms with E-state index in [4.69, 9.17) is 4.74 Å². The third-order valence-corrected chi connectivity index (χ3v) is 2.47. The first kappa shape index (κ1) is 11.2. The highest BCUT2D eigenvalue weighted by atomic mass is 79.9. The van der Waals surface area contributed by atoms with Crippen molar-refractivity contribution in [3.8, 4) is 5.75 Å². The molecule has 0 saturated heterocycles. The van der Waals surface area contributed by atoms with Crippen LogP contribution in [0.2, 0.25) is 0 Å². The largest absolute Gasteiger partial charge is 0.496 e. The van der Waals surface area contributed by atoms with Crippen molar-refractivity contribution in [2.75, 3.05) is 14.2 Å². The number of halogens is 1. The number of nitrogens with one attached hydrogen (secondary N) is 1. The van der Waals surface area contributed by atoms with Gasteiger partial charge >= 0.3 is 0 Å². The van der Waals surface area contributed by atoms with Crippen LogP contribution in [0.3, 0.4) is 0 Å². The van der Waals surface area contributed by atoms with E-state index in [1.165, 1.54) is 0 Å². The van der Waals surface area contributed by atoms with Gasteiger partial charge < -0.3 is 14.8 Å². The van der Waals surface area contributed by atoms with E-state index in [0.29, 0.717) is 5.75 Å².